The van der Waals surface area contributed by atoms with Crippen LogP contribution in [0.25, 0.3) is 0 Å². The van der Waals surface area contributed by atoms with Crippen LogP contribution >= 0.6 is 0 Å². The molecule has 2 N–H and O–H groups in total. The van der Waals surface area contributed by atoms with Crippen molar-refractivity contribution in [3.05, 3.63) is 12.7 Å². The van der Waals surface area contributed by atoms with Gasteiger partial charge < -0.3 is 5.11 Å². The van der Waals surface area contributed by atoms with E-state index in [1.54, 1.807) is 6.08 Å². The SMILES string of the molecule is C=CCON[C@@H]1CCC[C@H]1O. The van der Waals surface area contributed by atoms with Gasteiger partial charge in [-0.15, -0.1) is 6.58 Å². The second-order valence-corrected chi connectivity index (χ2v) is 2.82. The van der Waals surface area contributed by atoms with Crippen LogP contribution in [0.1, 0.15) is 19.3 Å². The highest BCUT2D eigenvalue weighted by Crippen LogP contribution is 2.18. The van der Waals surface area contributed by atoms with E-state index in [1.807, 2.05) is 0 Å². The normalized spacial score (nSPS) is 30.6. The Hall–Kier alpha value is -0.380. The molecule has 0 aromatic rings. The van der Waals surface area contributed by atoms with Crippen molar-refractivity contribution in [3.63, 3.8) is 0 Å². The van der Waals surface area contributed by atoms with Crippen molar-refractivity contribution in [2.45, 2.75) is 31.4 Å². The predicted octanol–water partition coefficient (Wildman–Crippen LogP) is 0.607. The first-order valence-electron chi connectivity index (χ1n) is 4.01. The number of hydroxylamine groups is 1. The molecule has 0 saturated heterocycles. The number of hydrogen-bond acceptors (Lipinski definition) is 3. The van der Waals surface area contributed by atoms with Gasteiger partial charge >= 0.3 is 0 Å². The van der Waals surface area contributed by atoms with Gasteiger partial charge in [-0.05, 0) is 19.3 Å². The van der Waals surface area contributed by atoms with Crippen molar-refractivity contribution in [2.75, 3.05) is 6.61 Å². The Morgan fingerprint density at radius 2 is 2.45 bits per heavy atom. The number of hydrogen-bond donors (Lipinski definition) is 2. The van der Waals surface area contributed by atoms with Crippen LogP contribution in [-0.2, 0) is 4.84 Å². The van der Waals surface area contributed by atoms with Gasteiger partial charge in [0.2, 0.25) is 0 Å². The van der Waals surface area contributed by atoms with Crippen molar-refractivity contribution in [3.8, 4) is 0 Å². The summed E-state index contributed by atoms with van der Waals surface area (Å²) in [5.74, 6) is 0. The zero-order valence-corrected chi connectivity index (χ0v) is 6.62. The lowest BCUT2D eigenvalue weighted by Crippen LogP contribution is -2.35. The van der Waals surface area contributed by atoms with Gasteiger partial charge in [-0.25, -0.2) is 0 Å². The zero-order chi connectivity index (χ0) is 8.10. The van der Waals surface area contributed by atoms with E-state index in [2.05, 4.69) is 12.1 Å². The average Bonchev–Trinajstić information content (AvgIpc) is 2.37. The molecule has 1 aliphatic rings. The first kappa shape index (κ1) is 8.71. The third kappa shape index (κ3) is 2.61. The van der Waals surface area contributed by atoms with Gasteiger partial charge in [0.1, 0.15) is 0 Å². The summed E-state index contributed by atoms with van der Waals surface area (Å²) in [5.41, 5.74) is 2.81. The molecule has 0 unspecified atom stereocenters. The van der Waals surface area contributed by atoms with Gasteiger partial charge in [0, 0.05) is 0 Å². The number of nitrogens with one attached hydrogen (secondary N) is 1. The van der Waals surface area contributed by atoms with Gasteiger partial charge in [0.15, 0.2) is 0 Å². The summed E-state index contributed by atoms with van der Waals surface area (Å²) in [7, 11) is 0. The lowest BCUT2D eigenvalue weighted by molar-refractivity contribution is 0.00109. The summed E-state index contributed by atoms with van der Waals surface area (Å²) in [5, 5.41) is 9.32. The van der Waals surface area contributed by atoms with Crippen LogP contribution in [0.5, 0.6) is 0 Å². The lowest BCUT2D eigenvalue weighted by Gasteiger charge is -2.14. The van der Waals surface area contributed by atoms with E-state index in [0.29, 0.717) is 6.61 Å². The molecule has 3 heteroatoms. The fraction of sp³-hybridized carbons (Fsp3) is 0.750. The molecule has 1 rings (SSSR count). The molecule has 11 heavy (non-hydrogen) atoms. The maximum Gasteiger partial charge on any atom is 0.0861 e. The molecule has 0 heterocycles. The van der Waals surface area contributed by atoms with Crippen LogP contribution in [-0.4, -0.2) is 23.9 Å². The van der Waals surface area contributed by atoms with E-state index in [9.17, 15) is 5.11 Å². The molecule has 0 aliphatic heterocycles. The van der Waals surface area contributed by atoms with Crippen molar-refractivity contribution in [1.29, 1.82) is 0 Å². The number of aliphatic hydroxyl groups excluding tert-OH is 1. The van der Waals surface area contributed by atoms with Crippen LogP contribution in [0.2, 0.25) is 0 Å². The maximum atomic E-state index is 9.32. The predicted molar refractivity (Wildman–Crippen MR) is 42.9 cm³/mol. The standard InChI is InChI=1S/C8H15NO2/c1-2-6-11-9-7-4-3-5-8(7)10/h2,7-10H,1,3-6H2/t7-,8-/m1/s1. The first-order valence-corrected chi connectivity index (χ1v) is 4.01. The van der Waals surface area contributed by atoms with Gasteiger partial charge in [-0.3, -0.25) is 4.84 Å². The molecular weight excluding hydrogens is 142 g/mol. The molecule has 0 amide bonds. The van der Waals surface area contributed by atoms with E-state index in [-0.39, 0.29) is 12.1 Å². The molecule has 64 valence electrons. The lowest BCUT2D eigenvalue weighted by atomic mass is 10.2. The minimum Gasteiger partial charge on any atom is -0.391 e. The topological polar surface area (TPSA) is 41.5 Å². The number of aliphatic hydroxyl groups is 1. The zero-order valence-electron chi connectivity index (χ0n) is 6.62. The molecule has 1 aliphatic carbocycles. The minimum absolute atomic E-state index is 0.120. The minimum atomic E-state index is -0.236. The highest BCUT2D eigenvalue weighted by Gasteiger charge is 2.24. The Kier molecular flexibility index (Phi) is 3.56. The Balaban J connectivity index is 2.10. The summed E-state index contributed by atoms with van der Waals surface area (Å²) >= 11 is 0. The molecule has 1 saturated carbocycles. The smallest absolute Gasteiger partial charge is 0.0861 e. The van der Waals surface area contributed by atoms with Gasteiger partial charge in [0.25, 0.3) is 0 Å². The fourth-order valence-electron chi connectivity index (χ4n) is 1.29. The monoisotopic (exact) mass is 157 g/mol. The van der Waals surface area contributed by atoms with Crippen molar-refractivity contribution >= 4 is 0 Å². The second kappa shape index (κ2) is 4.49. The van der Waals surface area contributed by atoms with Crippen LogP contribution < -0.4 is 5.48 Å². The van der Waals surface area contributed by atoms with Crippen LogP contribution in [0.3, 0.4) is 0 Å². The number of rotatable bonds is 4. The molecule has 2 atom stereocenters. The van der Waals surface area contributed by atoms with E-state index in [0.717, 1.165) is 19.3 Å². The van der Waals surface area contributed by atoms with Gasteiger partial charge in [0.05, 0.1) is 18.8 Å². The maximum absolute atomic E-state index is 9.32. The summed E-state index contributed by atoms with van der Waals surface area (Å²) in [6.45, 7) is 4.01. The Morgan fingerprint density at radius 1 is 1.64 bits per heavy atom. The van der Waals surface area contributed by atoms with Crippen LogP contribution in [0.4, 0.5) is 0 Å². The van der Waals surface area contributed by atoms with E-state index < -0.39 is 0 Å². The fourth-order valence-corrected chi connectivity index (χ4v) is 1.29. The van der Waals surface area contributed by atoms with E-state index in [4.69, 9.17) is 4.84 Å². The molecule has 3 nitrogen and oxygen atoms in total. The van der Waals surface area contributed by atoms with E-state index in [1.165, 1.54) is 0 Å². The quantitative estimate of drug-likeness (QED) is 0.357. The largest absolute Gasteiger partial charge is 0.391 e. The molecule has 0 bridgehead atoms. The summed E-state index contributed by atoms with van der Waals surface area (Å²) < 4.78 is 0. The first-order chi connectivity index (χ1) is 5.34. The van der Waals surface area contributed by atoms with Crippen molar-refractivity contribution < 1.29 is 9.94 Å². The van der Waals surface area contributed by atoms with Crippen LogP contribution in [0.15, 0.2) is 12.7 Å². The Labute approximate surface area is 67.0 Å². The van der Waals surface area contributed by atoms with Crippen molar-refractivity contribution in [2.24, 2.45) is 0 Å². The average molecular weight is 157 g/mol. The highest BCUT2D eigenvalue weighted by molar-refractivity contribution is 4.80. The molecule has 0 aromatic carbocycles. The van der Waals surface area contributed by atoms with Crippen molar-refractivity contribution in [1.82, 2.24) is 5.48 Å². The Morgan fingerprint density at radius 3 is 3.00 bits per heavy atom. The Bertz CT molecular complexity index is 127. The third-order valence-corrected chi connectivity index (χ3v) is 1.92. The van der Waals surface area contributed by atoms with Gasteiger partial charge in [-0.2, -0.15) is 5.48 Å². The molecule has 0 aromatic heterocycles. The molecule has 0 spiro atoms. The summed E-state index contributed by atoms with van der Waals surface area (Å²) in [4.78, 5) is 5.01. The van der Waals surface area contributed by atoms with Gasteiger partial charge in [-0.1, -0.05) is 6.08 Å². The highest BCUT2D eigenvalue weighted by atomic mass is 16.6. The summed E-state index contributed by atoms with van der Waals surface area (Å²) in [6, 6.07) is 0.120. The second-order valence-electron chi connectivity index (χ2n) is 2.82. The third-order valence-electron chi connectivity index (χ3n) is 1.92. The van der Waals surface area contributed by atoms with E-state index >= 15 is 0 Å². The summed E-state index contributed by atoms with van der Waals surface area (Å²) in [6.07, 6.45) is 4.40. The molecule has 0 radical (unpaired) electrons. The molecule has 1 fully saturated rings. The molecular formula is C8H15NO2. The van der Waals surface area contributed by atoms with Crippen LogP contribution in [0, 0.1) is 0 Å².